The fourth-order valence-electron chi connectivity index (χ4n) is 2.88. The number of methoxy groups -OCH3 is 1. The highest BCUT2D eigenvalue weighted by Gasteiger charge is 2.41. The second-order valence-electron chi connectivity index (χ2n) is 5.02. The SMILES string of the molecule is COC(=O)[C@@H]1[C@H](CO)CCN1[C@@H](C)c1ccccc1. The maximum absolute atomic E-state index is 12.0. The quantitative estimate of drug-likeness (QED) is 0.838. The van der Waals surface area contributed by atoms with E-state index >= 15 is 0 Å². The molecule has 0 saturated carbocycles. The van der Waals surface area contributed by atoms with Crippen LogP contribution in [0.3, 0.4) is 0 Å². The van der Waals surface area contributed by atoms with Crippen molar-refractivity contribution in [2.75, 3.05) is 20.3 Å². The van der Waals surface area contributed by atoms with Crippen molar-refractivity contribution < 1.29 is 14.6 Å². The highest BCUT2D eigenvalue weighted by atomic mass is 16.5. The number of carbonyl (C=O) groups excluding carboxylic acids is 1. The molecule has 0 amide bonds. The van der Waals surface area contributed by atoms with Gasteiger partial charge < -0.3 is 9.84 Å². The van der Waals surface area contributed by atoms with Gasteiger partial charge in [-0.2, -0.15) is 0 Å². The van der Waals surface area contributed by atoms with Crippen molar-refractivity contribution in [1.82, 2.24) is 4.90 Å². The highest BCUT2D eigenvalue weighted by molar-refractivity contribution is 5.76. The average Bonchev–Trinajstić information content (AvgIpc) is 2.90. The Morgan fingerprint density at radius 1 is 1.47 bits per heavy atom. The van der Waals surface area contributed by atoms with Gasteiger partial charge in [0.25, 0.3) is 0 Å². The number of carbonyl (C=O) groups is 1. The second kappa shape index (κ2) is 6.17. The number of nitrogens with zero attached hydrogens (tertiary/aromatic N) is 1. The normalized spacial score (nSPS) is 25.2. The van der Waals surface area contributed by atoms with E-state index in [2.05, 4.69) is 24.0 Å². The molecule has 1 aliphatic heterocycles. The van der Waals surface area contributed by atoms with E-state index < -0.39 is 0 Å². The summed E-state index contributed by atoms with van der Waals surface area (Å²) >= 11 is 0. The minimum atomic E-state index is -0.342. The summed E-state index contributed by atoms with van der Waals surface area (Å²) in [4.78, 5) is 14.1. The van der Waals surface area contributed by atoms with E-state index in [-0.39, 0.29) is 30.6 Å². The maximum Gasteiger partial charge on any atom is 0.323 e. The Hall–Kier alpha value is -1.39. The van der Waals surface area contributed by atoms with Gasteiger partial charge in [0.2, 0.25) is 0 Å². The lowest BCUT2D eigenvalue weighted by molar-refractivity contribution is -0.148. The molecule has 0 radical (unpaired) electrons. The molecule has 4 heteroatoms. The van der Waals surface area contributed by atoms with Crippen LogP contribution in [0.2, 0.25) is 0 Å². The van der Waals surface area contributed by atoms with Crippen LogP contribution in [0.25, 0.3) is 0 Å². The summed E-state index contributed by atoms with van der Waals surface area (Å²) < 4.78 is 4.89. The van der Waals surface area contributed by atoms with Crippen LogP contribution >= 0.6 is 0 Å². The zero-order chi connectivity index (χ0) is 13.8. The summed E-state index contributed by atoms with van der Waals surface area (Å²) in [6.45, 7) is 2.92. The standard InChI is InChI=1S/C15H21NO3/c1-11(12-6-4-3-5-7-12)16-9-8-13(10-17)14(16)15(18)19-2/h3-7,11,13-14,17H,8-10H2,1-2H3/t11-,13-,14-/m0/s1. The Balaban J connectivity index is 2.20. The first-order valence-corrected chi connectivity index (χ1v) is 6.68. The van der Waals surface area contributed by atoms with Crippen molar-refractivity contribution in [2.45, 2.75) is 25.4 Å². The number of hydrogen-bond acceptors (Lipinski definition) is 4. The fourth-order valence-corrected chi connectivity index (χ4v) is 2.88. The molecule has 0 aromatic heterocycles. The third kappa shape index (κ3) is 2.80. The highest BCUT2D eigenvalue weighted by Crippen LogP contribution is 2.33. The predicted molar refractivity (Wildman–Crippen MR) is 72.6 cm³/mol. The Labute approximate surface area is 114 Å². The van der Waals surface area contributed by atoms with E-state index in [9.17, 15) is 9.90 Å². The van der Waals surface area contributed by atoms with E-state index in [0.717, 1.165) is 13.0 Å². The molecule has 0 bridgehead atoms. The minimum Gasteiger partial charge on any atom is -0.468 e. The third-order valence-corrected chi connectivity index (χ3v) is 4.02. The Morgan fingerprint density at radius 2 is 2.16 bits per heavy atom. The molecule has 0 spiro atoms. The predicted octanol–water partition coefficient (Wildman–Crippen LogP) is 1.60. The van der Waals surface area contributed by atoms with Crippen molar-refractivity contribution in [3.8, 4) is 0 Å². The Morgan fingerprint density at radius 3 is 2.74 bits per heavy atom. The summed E-state index contributed by atoms with van der Waals surface area (Å²) in [5, 5.41) is 9.42. The van der Waals surface area contributed by atoms with Crippen LogP contribution in [0.4, 0.5) is 0 Å². The molecule has 19 heavy (non-hydrogen) atoms. The van der Waals surface area contributed by atoms with E-state index in [1.165, 1.54) is 12.7 Å². The van der Waals surface area contributed by atoms with Gasteiger partial charge in [0, 0.05) is 25.1 Å². The first-order valence-electron chi connectivity index (χ1n) is 6.68. The van der Waals surface area contributed by atoms with Crippen LogP contribution in [-0.2, 0) is 9.53 Å². The van der Waals surface area contributed by atoms with Gasteiger partial charge in [-0.25, -0.2) is 0 Å². The molecule has 4 nitrogen and oxygen atoms in total. The first kappa shape index (κ1) is 14.0. The van der Waals surface area contributed by atoms with Crippen LogP contribution in [0, 0.1) is 5.92 Å². The summed E-state index contributed by atoms with van der Waals surface area (Å²) in [6, 6.07) is 9.90. The van der Waals surface area contributed by atoms with Crippen molar-refractivity contribution in [1.29, 1.82) is 0 Å². The molecule has 1 aromatic carbocycles. The van der Waals surface area contributed by atoms with Crippen LogP contribution in [0.5, 0.6) is 0 Å². The number of benzene rings is 1. The smallest absolute Gasteiger partial charge is 0.323 e. The molecular weight excluding hydrogens is 242 g/mol. The van der Waals surface area contributed by atoms with Gasteiger partial charge in [-0.05, 0) is 18.9 Å². The van der Waals surface area contributed by atoms with Gasteiger partial charge in [0.05, 0.1) is 7.11 Å². The minimum absolute atomic E-state index is 0.0256. The molecule has 1 saturated heterocycles. The molecular formula is C15H21NO3. The molecule has 1 aromatic rings. The van der Waals surface area contributed by atoms with Crippen molar-refractivity contribution >= 4 is 5.97 Å². The summed E-state index contributed by atoms with van der Waals surface area (Å²) in [6.07, 6.45) is 0.827. The lowest BCUT2D eigenvalue weighted by atomic mass is 10.00. The van der Waals surface area contributed by atoms with Crippen molar-refractivity contribution in [2.24, 2.45) is 5.92 Å². The molecule has 1 fully saturated rings. The second-order valence-corrected chi connectivity index (χ2v) is 5.02. The van der Waals surface area contributed by atoms with Gasteiger partial charge in [0.1, 0.15) is 6.04 Å². The van der Waals surface area contributed by atoms with E-state index in [0.29, 0.717) is 0 Å². The number of hydrogen-bond donors (Lipinski definition) is 1. The fraction of sp³-hybridized carbons (Fsp3) is 0.533. The van der Waals surface area contributed by atoms with Crippen LogP contribution in [0.15, 0.2) is 30.3 Å². The van der Waals surface area contributed by atoms with E-state index in [4.69, 9.17) is 4.74 Å². The average molecular weight is 263 g/mol. The first-order chi connectivity index (χ1) is 9.19. The number of aliphatic hydroxyl groups excluding tert-OH is 1. The monoisotopic (exact) mass is 263 g/mol. The van der Waals surface area contributed by atoms with Gasteiger partial charge in [-0.15, -0.1) is 0 Å². The number of likely N-dealkylation sites (tertiary alicyclic amines) is 1. The van der Waals surface area contributed by atoms with E-state index in [1.54, 1.807) is 0 Å². The largest absolute Gasteiger partial charge is 0.468 e. The summed E-state index contributed by atoms with van der Waals surface area (Å²) in [5.74, 6) is -0.280. The lowest BCUT2D eigenvalue weighted by Crippen LogP contribution is -2.42. The van der Waals surface area contributed by atoms with Crippen LogP contribution in [-0.4, -0.2) is 42.3 Å². The Kier molecular flexibility index (Phi) is 4.56. The van der Waals surface area contributed by atoms with Gasteiger partial charge in [-0.1, -0.05) is 30.3 Å². The molecule has 0 unspecified atom stereocenters. The Bertz CT molecular complexity index is 421. The van der Waals surface area contributed by atoms with Gasteiger partial charge in [-0.3, -0.25) is 9.69 Å². The summed E-state index contributed by atoms with van der Waals surface area (Å²) in [5.41, 5.74) is 1.18. The zero-order valence-corrected chi connectivity index (χ0v) is 11.5. The lowest BCUT2D eigenvalue weighted by Gasteiger charge is -2.31. The molecule has 2 rings (SSSR count). The topological polar surface area (TPSA) is 49.8 Å². The van der Waals surface area contributed by atoms with Crippen LogP contribution in [0.1, 0.15) is 24.9 Å². The molecule has 3 atom stereocenters. The van der Waals surface area contributed by atoms with Crippen molar-refractivity contribution in [3.05, 3.63) is 35.9 Å². The number of ether oxygens (including phenoxy) is 1. The van der Waals surface area contributed by atoms with E-state index in [1.807, 2.05) is 18.2 Å². The number of rotatable bonds is 4. The summed E-state index contributed by atoms with van der Waals surface area (Å²) in [7, 11) is 1.40. The maximum atomic E-state index is 12.0. The zero-order valence-electron chi connectivity index (χ0n) is 11.5. The van der Waals surface area contributed by atoms with Crippen molar-refractivity contribution in [3.63, 3.8) is 0 Å². The third-order valence-electron chi connectivity index (χ3n) is 4.02. The number of aliphatic hydroxyl groups is 1. The molecule has 1 N–H and O–H groups in total. The van der Waals surface area contributed by atoms with Crippen LogP contribution < -0.4 is 0 Å². The molecule has 1 aliphatic rings. The van der Waals surface area contributed by atoms with Gasteiger partial charge in [0.15, 0.2) is 0 Å². The number of esters is 1. The molecule has 104 valence electrons. The van der Waals surface area contributed by atoms with Gasteiger partial charge >= 0.3 is 5.97 Å². The molecule has 0 aliphatic carbocycles. The molecule has 1 heterocycles.